The summed E-state index contributed by atoms with van der Waals surface area (Å²) in [4.78, 5) is 10.9. The van der Waals surface area contributed by atoms with Crippen LogP contribution in [0.5, 0.6) is 0 Å². The second kappa shape index (κ2) is 7.93. The predicted molar refractivity (Wildman–Crippen MR) is 75.9 cm³/mol. The van der Waals surface area contributed by atoms with Crippen molar-refractivity contribution in [2.75, 3.05) is 6.61 Å². The van der Waals surface area contributed by atoms with Crippen LogP contribution in [0, 0.1) is 0 Å². The zero-order valence-electron chi connectivity index (χ0n) is 13.2. The zero-order valence-corrected chi connectivity index (χ0v) is 13.2. The number of unbranched alkanes of at least 4 members (excludes halogenated alkanes) is 1. The molecular formula is C14H29NO5. The first-order chi connectivity index (χ1) is 8.94. The number of hydrogen-bond donors (Lipinski definition) is 3. The Morgan fingerprint density at radius 1 is 1.25 bits per heavy atom. The van der Waals surface area contributed by atoms with E-state index in [0.29, 0.717) is 6.61 Å². The van der Waals surface area contributed by atoms with Crippen molar-refractivity contribution < 1.29 is 24.5 Å². The minimum atomic E-state index is -1.30. The summed E-state index contributed by atoms with van der Waals surface area (Å²) >= 11 is 0. The van der Waals surface area contributed by atoms with E-state index in [9.17, 15) is 15.0 Å². The van der Waals surface area contributed by atoms with Gasteiger partial charge in [-0.1, -0.05) is 0 Å². The van der Waals surface area contributed by atoms with Crippen molar-refractivity contribution in [3.63, 3.8) is 0 Å². The van der Waals surface area contributed by atoms with Crippen molar-refractivity contribution in [1.82, 2.24) is 0 Å². The molecule has 6 nitrogen and oxygen atoms in total. The van der Waals surface area contributed by atoms with Crippen LogP contribution in [0.1, 0.15) is 53.9 Å². The summed E-state index contributed by atoms with van der Waals surface area (Å²) in [6, 6.07) is 0. The summed E-state index contributed by atoms with van der Waals surface area (Å²) in [5.74, 6) is -1.89. The Bertz CT molecular complexity index is 298. The van der Waals surface area contributed by atoms with Crippen LogP contribution in [0.25, 0.3) is 0 Å². The Hall–Kier alpha value is -0.690. The summed E-state index contributed by atoms with van der Waals surface area (Å²) < 4.78 is 10.9. The van der Waals surface area contributed by atoms with E-state index in [1.54, 1.807) is 20.8 Å². The zero-order chi connectivity index (χ0) is 16.0. The summed E-state index contributed by atoms with van der Waals surface area (Å²) in [5, 5.41) is 18.9. The van der Waals surface area contributed by atoms with Crippen LogP contribution in [0.3, 0.4) is 0 Å². The molecule has 120 valence electrons. The molecule has 2 atom stereocenters. The van der Waals surface area contributed by atoms with Crippen molar-refractivity contribution in [2.45, 2.75) is 77.5 Å². The monoisotopic (exact) mass is 291 g/mol. The van der Waals surface area contributed by atoms with E-state index in [-0.39, 0.29) is 0 Å². The molecule has 0 aliphatic rings. The highest BCUT2D eigenvalue weighted by Crippen LogP contribution is 2.21. The van der Waals surface area contributed by atoms with Gasteiger partial charge in [0.1, 0.15) is 0 Å². The van der Waals surface area contributed by atoms with E-state index in [0.717, 1.165) is 19.3 Å². The number of carbonyl (C=O) groups is 1. The maximum atomic E-state index is 10.9. The molecule has 0 fully saturated rings. The first-order valence-electron chi connectivity index (χ1n) is 6.96. The lowest BCUT2D eigenvalue weighted by atomic mass is 10.0. The Kier molecular flexibility index (Phi) is 7.65. The molecule has 0 spiro atoms. The summed E-state index contributed by atoms with van der Waals surface area (Å²) in [6.45, 7) is 9.07. The van der Waals surface area contributed by atoms with Crippen molar-refractivity contribution >= 4 is 5.91 Å². The molecular weight excluding hydrogens is 262 g/mol. The molecule has 6 heteroatoms. The minimum absolute atomic E-state index is 0.468. The standard InChI is InChI=1S/C14H29NO5/c1-10(11(16)12(15)17)20-13(2,3)8-6-7-9-19-14(4,5)18/h10-11,16,18H,6-9H2,1-5H3,(H2,15,17)/t10-,11+/m0/s1. The molecule has 1 amide bonds. The van der Waals surface area contributed by atoms with E-state index in [2.05, 4.69) is 0 Å². The van der Waals surface area contributed by atoms with Crippen LogP contribution >= 0.6 is 0 Å². The molecule has 0 unspecified atom stereocenters. The molecule has 20 heavy (non-hydrogen) atoms. The largest absolute Gasteiger partial charge is 0.381 e. The Morgan fingerprint density at radius 3 is 2.25 bits per heavy atom. The molecule has 0 aromatic carbocycles. The fourth-order valence-corrected chi connectivity index (χ4v) is 1.83. The summed E-state index contributed by atoms with van der Waals surface area (Å²) in [5.41, 5.74) is 4.56. The van der Waals surface area contributed by atoms with Crippen LogP contribution in [0.2, 0.25) is 0 Å². The Labute approximate surface area is 121 Å². The highest BCUT2D eigenvalue weighted by atomic mass is 16.6. The van der Waals surface area contributed by atoms with E-state index >= 15 is 0 Å². The predicted octanol–water partition coefficient (Wildman–Crippen LogP) is 0.932. The molecule has 0 radical (unpaired) electrons. The fourth-order valence-electron chi connectivity index (χ4n) is 1.83. The number of aliphatic hydroxyl groups excluding tert-OH is 1. The number of hydrogen-bond acceptors (Lipinski definition) is 5. The van der Waals surface area contributed by atoms with Crippen molar-refractivity contribution in [3.8, 4) is 0 Å². The number of rotatable bonds is 10. The number of aliphatic hydroxyl groups is 2. The van der Waals surface area contributed by atoms with Crippen LogP contribution in [-0.2, 0) is 14.3 Å². The van der Waals surface area contributed by atoms with E-state index in [1.165, 1.54) is 0 Å². The average Bonchev–Trinajstić information content (AvgIpc) is 2.24. The van der Waals surface area contributed by atoms with Gasteiger partial charge in [0.25, 0.3) is 0 Å². The van der Waals surface area contributed by atoms with Gasteiger partial charge in [0, 0.05) is 6.61 Å². The molecule has 0 saturated carbocycles. The smallest absolute Gasteiger partial charge is 0.248 e. The third-order valence-electron chi connectivity index (χ3n) is 2.87. The topological polar surface area (TPSA) is 102 Å². The van der Waals surface area contributed by atoms with Crippen molar-refractivity contribution in [3.05, 3.63) is 0 Å². The van der Waals surface area contributed by atoms with Gasteiger partial charge in [0.05, 0.1) is 11.7 Å². The molecule has 0 aliphatic heterocycles. The molecule has 0 bridgehead atoms. The van der Waals surface area contributed by atoms with Crippen molar-refractivity contribution in [2.24, 2.45) is 5.73 Å². The third-order valence-corrected chi connectivity index (χ3v) is 2.87. The first kappa shape index (κ1) is 19.3. The van der Waals surface area contributed by atoms with Gasteiger partial charge in [-0.2, -0.15) is 0 Å². The van der Waals surface area contributed by atoms with Crippen LogP contribution in [0.15, 0.2) is 0 Å². The van der Waals surface area contributed by atoms with Crippen LogP contribution in [0.4, 0.5) is 0 Å². The van der Waals surface area contributed by atoms with Crippen LogP contribution < -0.4 is 5.73 Å². The second-order valence-corrected chi connectivity index (χ2v) is 6.18. The molecule has 0 heterocycles. The third kappa shape index (κ3) is 9.25. The maximum absolute atomic E-state index is 10.9. The van der Waals surface area contributed by atoms with Gasteiger partial charge in [-0.25, -0.2) is 0 Å². The first-order valence-corrected chi connectivity index (χ1v) is 6.96. The molecule has 0 saturated heterocycles. The number of primary amides is 1. The van der Waals surface area contributed by atoms with Gasteiger partial charge < -0.3 is 25.4 Å². The average molecular weight is 291 g/mol. The van der Waals surface area contributed by atoms with Gasteiger partial charge in [-0.3, -0.25) is 4.79 Å². The van der Waals surface area contributed by atoms with Gasteiger partial charge in [0.2, 0.25) is 5.91 Å². The fraction of sp³-hybridized carbons (Fsp3) is 0.929. The molecule has 0 rings (SSSR count). The van der Waals surface area contributed by atoms with Crippen LogP contribution in [-0.4, -0.2) is 46.3 Å². The van der Waals surface area contributed by atoms with Gasteiger partial charge in [0.15, 0.2) is 11.9 Å². The minimum Gasteiger partial charge on any atom is -0.381 e. The van der Waals surface area contributed by atoms with Gasteiger partial charge >= 0.3 is 0 Å². The molecule has 0 aromatic rings. The van der Waals surface area contributed by atoms with Gasteiger partial charge in [-0.05, 0) is 53.9 Å². The highest BCUT2D eigenvalue weighted by Gasteiger charge is 2.27. The maximum Gasteiger partial charge on any atom is 0.248 e. The lowest BCUT2D eigenvalue weighted by Crippen LogP contribution is -2.42. The van der Waals surface area contributed by atoms with Gasteiger partial charge in [-0.15, -0.1) is 0 Å². The Balaban J connectivity index is 3.98. The van der Waals surface area contributed by atoms with E-state index < -0.39 is 29.5 Å². The Morgan fingerprint density at radius 2 is 1.80 bits per heavy atom. The molecule has 0 aliphatic carbocycles. The number of carbonyl (C=O) groups excluding carboxylic acids is 1. The molecule has 4 N–H and O–H groups in total. The summed E-state index contributed by atoms with van der Waals surface area (Å²) in [7, 11) is 0. The molecule has 0 aromatic heterocycles. The highest BCUT2D eigenvalue weighted by molar-refractivity contribution is 5.79. The van der Waals surface area contributed by atoms with E-state index in [1.807, 2.05) is 13.8 Å². The van der Waals surface area contributed by atoms with E-state index in [4.69, 9.17) is 15.2 Å². The number of nitrogens with two attached hydrogens (primary N) is 1. The quantitative estimate of drug-likeness (QED) is 0.410. The lowest BCUT2D eigenvalue weighted by Gasteiger charge is -2.30. The number of ether oxygens (including phenoxy) is 2. The number of amides is 1. The van der Waals surface area contributed by atoms with Crippen molar-refractivity contribution in [1.29, 1.82) is 0 Å². The second-order valence-electron chi connectivity index (χ2n) is 6.18. The summed E-state index contributed by atoms with van der Waals surface area (Å²) in [6.07, 6.45) is 0.451. The lowest BCUT2D eigenvalue weighted by molar-refractivity contribution is -0.177. The SMILES string of the molecule is C[C@H](OC(C)(C)CCCCOC(C)(C)O)[C@@H](O)C(N)=O. The normalized spacial score (nSPS) is 15.9.